The van der Waals surface area contributed by atoms with Crippen molar-refractivity contribution in [2.75, 3.05) is 35.2 Å². The predicted octanol–water partition coefficient (Wildman–Crippen LogP) is 5.60. The smallest absolute Gasteiger partial charge is 0.341 e. The van der Waals surface area contributed by atoms with Gasteiger partial charge in [-0.2, -0.15) is 0 Å². The van der Waals surface area contributed by atoms with Crippen LogP contribution in [0.1, 0.15) is 59.8 Å². The van der Waals surface area contributed by atoms with Crippen LogP contribution in [0.5, 0.6) is 0 Å². The molecule has 0 amide bonds. The van der Waals surface area contributed by atoms with Crippen molar-refractivity contribution >= 4 is 51.0 Å². The van der Waals surface area contributed by atoms with Crippen molar-refractivity contribution < 1.29 is 9.53 Å². The Morgan fingerprint density at radius 1 is 1.07 bits per heavy atom. The third-order valence-electron chi connectivity index (χ3n) is 5.72. The first kappa shape index (κ1) is 21.1. The second kappa shape index (κ2) is 9.79. The van der Waals surface area contributed by atoms with E-state index in [1.54, 1.807) is 11.3 Å². The van der Waals surface area contributed by atoms with Crippen molar-refractivity contribution in [1.82, 2.24) is 0 Å². The van der Waals surface area contributed by atoms with Gasteiger partial charge in [0.2, 0.25) is 0 Å². The minimum atomic E-state index is -0.256. The molecule has 0 unspecified atom stereocenters. The number of anilines is 3. The van der Waals surface area contributed by atoms with Crippen molar-refractivity contribution in [1.29, 1.82) is 0 Å². The number of fused-ring (bicyclic) bond motifs is 1. The number of rotatable bonds is 5. The molecular formula is C23H29N3O2S2. The number of carbonyl (C=O) groups excluding carboxylic acids is 1. The molecule has 1 aromatic carbocycles. The fourth-order valence-electron chi connectivity index (χ4n) is 4.25. The molecule has 0 atom stereocenters. The number of thiocarbonyl (C=S) groups is 1. The number of esters is 1. The molecule has 2 N–H and O–H groups in total. The minimum absolute atomic E-state index is 0.256. The average molecular weight is 444 g/mol. The highest BCUT2D eigenvalue weighted by atomic mass is 32.1. The summed E-state index contributed by atoms with van der Waals surface area (Å²) in [4.78, 5) is 16.3. The van der Waals surface area contributed by atoms with Gasteiger partial charge >= 0.3 is 5.97 Å². The lowest BCUT2D eigenvalue weighted by molar-refractivity contribution is 0.0526. The molecule has 1 fully saturated rings. The highest BCUT2D eigenvalue weighted by Gasteiger charge is 2.26. The van der Waals surface area contributed by atoms with Gasteiger partial charge in [0.1, 0.15) is 5.00 Å². The van der Waals surface area contributed by atoms with Crippen molar-refractivity contribution in [2.45, 2.75) is 51.9 Å². The van der Waals surface area contributed by atoms with Gasteiger partial charge in [-0.3, -0.25) is 0 Å². The summed E-state index contributed by atoms with van der Waals surface area (Å²) in [6.45, 7) is 4.47. The molecule has 7 heteroatoms. The molecule has 0 bridgehead atoms. The number of thiophene rings is 1. The van der Waals surface area contributed by atoms with E-state index in [1.807, 2.05) is 6.92 Å². The van der Waals surface area contributed by atoms with Crippen LogP contribution in [0.3, 0.4) is 0 Å². The van der Waals surface area contributed by atoms with E-state index in [-0.39, 0.29) is 5.97 Å². The molecular weight excluding hydrogens is 414 g/mol. The fraction of sp³-hybridized carbons (Fsp3) is 0.478. The highest BCUT2D eigenvalue weighted by molar-refractivity contribution is 7.80. The normalized spacial score (nSPS) is 16.0. The van der Waals surface area contributed by atoms with E-state index >= 15 is 0 Å². The molecule has 2 heterocycles. The molecule has 0 radical (unpaired) electrons. The monoisotopic (exact) mass is 443 g/mol. The first-order valence-corrected chi connectivity index (χ1v) is 12.1. The Balaban J connectivity index is 1.45. The molecule has 30 heavy (non-hydrogen) atoms. The maximum Gasteiger partial charge on any atom is 0.341 e. The summed E-state index contributed by atoms with van der Waals surface area (Å²) in [5.74, 6) is -0.256. The van der Waals surface area contributed by atoms with Crippen LogP contribution in [-0.4, -0.2) is 30.8 Å². The Morgan fingerprint density at radius 3 is 2.53 bits per heavy atom. The lowest BCUT2D eigenvalue weighted by atomic mass is 9.95. The maximum atomic E-state index is 12.6. The van der Waals surface area contributed by atoms with Gasteiger partial charge in [0, 0.05) is 29.3 Å². The van der Waals surface area contributed by atoms with E-state index in [2.05, 4.69) is 39.8 Å². The summed E-state index contributed by atoms with van der Waals surface area (Å²) in [6.07, 6.45) is 8.09. The summed E-state index contributed by atoms with van der Waals surface area (Å²) >= 11 is 7.18. The van der Waals surface area contributed by atoms with Gasteiger partial charge in [0.25, 0.3) is 0 Å². The second-order valence-corrected chi connectivity index (χ2v) is 9.32. The van der Waals surface area contributed by atoms with Crippen LogP contribution in [0.15, 0.2) is 24.3 Å². The molecule has 2 aliphatic rings. The standard InChI is InChI=1S/C23H29N3O2S2/c1-2-28-22(27)20-18-8-4-5-9-19(18)30-21(20)25-23(29)24-16-10-12-17(13-11-16)26-14-6-3-7-15-26/h10-13H,2-9,14-15H2,1H3,(H2,24,25,29). The van der Waals surface area contributed by atoms with E-state index in [0.29, 0.717) is 17.3 Å². The largest absolute Gasteiger partial charge is 0.462 e. The number of hydrogen-bond acceptors (Lipinski definition) is 5. The van der Waals surface area contributed by atoms with E-state index in [1.165, 1.54) is 36.2 Å². The number of ether oxygens (including phenoxy) is 1. The van der Waals surface area contributed by atoms with Gasteiger partial charge < -0.3 is 20.3 Å². The van der Waals surface area contributed by atoms with E-state index < -0.39 is 0 Å². The lowest BCUT2D eigenvalue weighted by Gasteiger charge is -2.28. The zero-order chi connectivity index (χ0) is 20.9. The number of aryl methyl sites for hydroxylation is 1. The summed E-state index contributed by atoms with van der Waals surface area (Å²) < 4.78 is 5.32. The number of nitrogens with one attached hydrogen (secondary N) is 2. The molecule has 0 saturated carbocycles. The minimum Gasteiger partial charge on any atom is -0.462 e. The topological polar surface area (TPSA) is 53.6 Å². The molecule has 1 aliphatic carbocycles. The summed E-state index contributed by atoms with van der Waals surface area (Å²) in [5, 5.41) is 7.80. The number of piperidine rings is 1. The fourth-order valence-corrected chi connectivity index (χ4v) is 5.81. The zero-order valence-corrected chi connectivity index (χ0v) is 19.1. The molecule has 4 rings (SSSR count). The second-order valence-electron chi connectivity index (χ2n) is 7.81. The molecule has 160 valence electrons. The van der Waals surface area contributed by atoms with Crippen LogP contribution in [0, 0.1) is 0 Å². The summed E-state index contributed by atoms with van der Waals surface area (Å²) in [7, 11) is 0. The van der Waals surface area contributed by atoms with Crippen molar-refractivity contribution in [3.8, 4) is 0 Å². The Morgan fingerprint density at radius 2 is 1.80 bits per heavy atom. The lowest BCUT2D eigenvalue weighted by Crippen LogP contribution is -2.29. The van der Waals surface area contributed by atoms with E-state index in [0.717, 1.165) is 48.6 Å². The third kappa shape index (κ3) is 4.78. The Kier molecular flexibility index (Phi) is 6.89. The summed E-state index contributed by atoms with van der Waals surface area (Å²) in [5.41, 5.74) is 4.00. The number of hydrogen-bond donors (Lipinski definition) is 2. The molecule has 1 aliphatic heterocycles. The van der Waals surface area contributed by atoms with Crippen molar-refractivity contribution in [3.63, 3.8) is 0 Å². The first-order valence-electron chi connectivity index (χ1n) is 10.9. The first-order chi connectivity index (χ1) is 14.7. The van der Waals surface area contributed by atoms with Crippen molar-refractivity contribution in [3.05, 3.63) is 40.3 Å². The molecule has 5 nitrogen and oxygen atoms in total. The van der Waals surface area contributed by atoms with Gasteiger partial charge in [-0.15, -0.1) is 11.3 Å². The highest BCUT2D eigenvalue weighted by Crippen LogP contribution is 2.38. The number of nitrogens with zero attached hydrogens (tertiary/aromatic N) is 1. The van der Waals surface area contributed by atoms with Crippen molar-refractivity contribution in [2.24, 2.45) is 0 Å². The van der Waals surface area contributed by atoms with Crippen LogP contribution >= 0.6 is 23.6 Å². The SMILES string of the molecule is CCOC(=O)c1c(NC(=S)Nc2ccc(N3CCCCC3)cc2)sc2c1CCCC2. The number of carbonyl (C=O) groups is 1. The van der Waals surface area contributed by atoms with Gasteiger partial charge in [-0.05, 0) is 93.9 Å². The Hall–Kier alpha value is -2.12. The Labute approximate surface area is 187 Å². The van der Waals surface area contributed by atoms with Crippen LogP contribution < -0.4 is 15.5 Å². The predicted molar refractivity (Wildman–Crippen MR) is 129 cm³/mol. The third-order valence-corrected chi connectivity index (χ3v) is 7.14. The van der Waals surface area contributed by atoms with Gasteiger partial charge in [0.15, 0.2) is 5.11 Å². The average Bonchev–Trinajstić information content (AvgIpc) is 3.12. The summed E-state index contributed by atoms with van der Waals surface area (Å²) in [6, 6.07) is 8.40. The quantitative estimate of drug-likeness (QED) is 0.463. The molecule has 1 saturated heterocycles. The van der Waals surface area contributed by atoms with Gasteiger partial charge in [-0.1, -0.05) is 0 Å². The van der Waals surface area contributed by atoms with Crippen LogP contribution in [0.4, 0.5) is 16.4 Å². The zero-order valence-electron chi connectivity index (χ0n) is 17.5. The van der Waals surface area contributed by atoms with Gasteiger partial charge in [-0.25, -0.2) is 4.79 Å². The van der Waals surface area contributed by atoms with Crippen LogP contribution in [0.2, 0.25) is 0 Å². The van der Waals surface area contributed by atoms with Crippen LogP contribution in [-0.2, 0) is 17.6 Å². The maximum absolute atomic E-state index is 12.6. The molecule has 2 aromatic rings. The van der Waals surface area contributed by atoms with Crippen LogP contribution in [0.25, 0.3) is 0 Å². The molecule has 1 aromatic heterocycles. The van der Waals surface area contributed by atoms with E-state index in [4.69, 9.17) is 17.0 Å². The number of benzene rings is 1. The van der Waals surface area contributed by atoms with Gasteiger partial charge in [0.05, 0.1) is 12.2 Å². The van der Waals surface area contributed by atoms with E-state index in [9.17, 15) is 4.79 Å². The molecule has 0 spiro atoms. The Bertz CT molecular complexity index is 902.